The van der Waals surface area contributed by atoms with Crippen LogP contribution in [0.3, 0.4) is 0 Å². The molecule has 106 valence electrons. The molecule has 20 heavy (non-hydrogen) atoms. The number of aryl methyl sites for hydroxylation is 2. The molecule has 0 aliphatic heterocycles. The fraction of sp³-hybridized carbons (Fsp3) is 0.286. The van der Waals surface area contributed by atoms with Crippen LogP contribution in [-0.4, -0.2) is 23.1 Å². The molecule has 5 nitrogen and oxygen atoms in total. The molecule has 0 aliphatic rings. The predicted octanol–water partition coefficient (Wildman–Crippen LogP) is 3.56. The zero-order valence-corrected chi connectivity index (χ0v) is 13.8. The van der Waals surface area contributed by atoms with Crippen molar-refractivity contribution < 1.29 is 9.32 Å². The van der Waals surface area contributed by atoms with E-state index in [4.69, 9.17) is 4.52 Å². The molecule has 2 aromatic rings. The Hall–Kier alpha value is -1.57. The summed E-state index contributed by atoms with van der Waals surface area (Å²) >= 11 is 2.24. The number of rotatable bonds is 3. The lowest BCUT2D eigenvalue weighted by Crippen LogP contribution is -2.31. The smallest absolute Gasteiger partial charge is 0.321 e. The van der Waals surface area contributed by atoms with E-state index in [-0.39, 0.29) is 6.03 Å². The monoisotopic (exact) mass is 385 g/mol. The Labute approximate surface area is 131 Å². The van der Waals surface area contributed by atoms with Gasteiger partial charge >= 0.3 is 6.03 Å². The third-order valence-electron chi connectivity index (χ3n) is 2.85. The molecule has 0 aliphatic carbocycles. The number of carbonyl (C=O) groups excluding carboxylic acids is 1. The summed E-state index contributed by atoms with van der Waals surface area (Å²) in [5.41, 5.74) is 2.59. The number of hydrogen-bond donors (Lipinski definition) is 1. The molecule has 1 N–H and O–H groups in total. The first kappa shape index (κ1) is 14.8. The van der Waals surface area contributed by atoms with E-state index in [1.165, 1.54) is 0 Å². The van der Waals surface area contributed by atoms with E-state index < -0.39 is 0 Å². The van der Waals surface area contributed by atoms with Gasteiger partial charge in [0.2, 0.25) is 0 Å². The standard InChI is InChI=1S/C14H16IN3O2/c1-9-6-11(15)4-5-13(9)16-14(19)18(3)8-12-7-10(2)20-17-12/h4-7H,8H2,1-3H3,(H,16,19). The molecule has 1 aromatic heterocycles. The molecule has 6 heteroatoms. The Kier molecular flexibility index (Phi) is 4.64. The highest BCUT2D eigenvalue weighted by Gasteiger charge is 2.12. The fourth-order valence-corrected chi connectivity index (χ4v) is 2.43. The van der Waals surface area contributed by atoms with Crippen molar-refractivity contribution in [2.75, 3.05) is 12.4 Å². The zero-order chi connectivity index (χ0) is 14.7. The molecule has 0 saturated carbocycles. The highest BCUT2D eigenvalue weighted by molar-refractivity contribution is 14.1. The first-order valence-electron chi connectivity index (χ1n) is 6.16. The molecule has 0 unspecified atom stereocenters. The van der Waals surface area contributed by atoms with Crippen molar-refractivity contribution >= 4 is 34.3 Å². The summed E-state index contributed by atoms with van der Waals surface area (Å²) in [6.07, 6.45) is 0. The van der Waals surface area contributed by atoms with Crippen molar-refractivity contribution in [3.8, 4) is 0 Å². The molecule has 2 amide bonds. The van der Waals surface area contributed by atoms with Crippen molar-refractivity contribution in [2.24, 2.45) is 0 Å². The Morgan fingerprint density at radius 2 is 2.15 bits per heavy atom. The van der Waals surface area contributed by atoms with Crippen LogP contribution in [0.2, 0.25) is 0 Å². The Bertz CT molecular complexity index is 625. The second kappa shape index (κ2) is 6.25. The average Bonchev–Trinajstić information content (AvgIpc) is 2.78. The van der Waals surface area contributed by atoms with Gasteiger partial charge in [-0.15, -0.1) is 0 Å². The van der Waals surface area contributed by atoms with Crippen LogP contribution in [0.1, 0.15) is 17.0 Å². The summed E-state index contributed by atoms with van der Waals surface area (Å²) in [5.74, 6) is 0.738. The number of carbonyl (C=O) groups is 1. The highest BCUT2D eigenvalue weighted by atomic mass is 127. The van der Waals surface area contributed by atoms with Crippen molar-refractivity contribution in [2.45, 2.75) is 20.4 Å². The molecule has 0 fully saturated rings. The van der Waals surface area contributed by atoms with E-state index >= 15 is 0 Å². The number of halogens is 1. The van der Waals surface area contributed by atoms with Crippen molar-refractivity contribution in [1.29, 1.82) is 0 Å². The number of anilines is 1. The summed E-state index contributed by atoms with van der Waals surface area (Å²) < 4.78 is 6.13. The van der Waals surface area contributed by atoms with E-state index in [2.05, 4.69) is 33.1 Å². The Morgan fingerprint density at radius 3 is 2.75 bits per heavy atom. The van der Waals surface area contributed by atoms with Gasteiger partial charge in [0.05, 0.1) is 6.54 Å². The normalized spacial score (nSPS) is 10.4. The minimum absolute atomic E-state index is 0.171. The van der Waals surface area contributed by atoms with E-state index in [1.807, 2.05) is 38.1 Å². The van der Waals surface area contributed by atoms with Gasteiger partial charge in [0.15, 0.2) is 0 Å². The predicted molar refractivity (Wildman–Crippen MR) is 85.6 cm³/mol. The van der Waals surface area contributed by atoms with Gasteiger partial charge in [-0.3, -0.25) is 0 Å². The third kappa shape index (κ3) is 3.72. The molecule has 0 atom stereocenters. The molecule has 1 aromatic carbocycles. The maximum atomic E-state index is 12.1. The van der Waals surface area contributed by atoms with Crippen LogP contribution in [0.5, 0.6) is 0 Å². The first-order valence-corrected chi connectivity index (χ1v) is 7.24. The summed E-state index contributed by atoms with van der Waals surface area (Å²) in [6, 6.07) is 7.54. The minimum atomic E-state index is -0.171. The van der Waals surface area contributed by atoms with Crippen LogP contribution >= 0.6 is 22.6 Å². The average molecular weight is 385 g/mol. The fourth-order valence-electron chi connectivity index (χ4n) is 1.79. The Balaban J connectivity index is 2.00. The van der Waals surface area contributed by atoms with Gasteiger partial charge in [-0.25, -0.2) is 4.79 Å². The van der Waals surface area contributed by atoms with Crippen LogP contribution in [0.4, 0.5) is 10.5 Å². The van der Waals surface area contributed by atoms with Crippen LogP contribution in [0, 0.1) is 17.4 Å². The number of aromatic nitrogens is 1. The van der Waals surface area contributed by atoms with E-state index in [9.17, 15) is 4.79 Å². The van der Waals surface area contributed by atoms with Crippen LogP contribution in [0.15, 0.2) is 28.8 Å². The summed E-state index contributed by atoms with van der Waals surface area (Å²) in [5, 5.41) is 6.77. The molecular formula is C14H16IN3O2. The van der Waals surface area contributed by atoms with Gasteiger partial charge in [-0.2, -0.15) is 0 Å². The number of nitrogens with one attached hydrogen (secondary N) is 1. The summed E-state index contributed by atoms with van der Waals surface area (Å²) in [4.78, 5) is 13.7. The number of hydrogen-bond acceptors (Lipinski definition) is 3. The minimum Gasteiger partial charge on any atom is -0.361 e. The van der Waals surface area contributed by atoms with Gasteiger partial charge in [-0.1, -0.05) is 5.16 Å². The number of benzene rings is 1. The van der Waals surface area contributed by atoms with E-state index in [0.717, 1.165) is 26.3 Å². The van der Waals surface area contributed by atoms with Gasteiger partial charge in [0.25, 0.3) is 0 Å². The van der Waals surface area contributed by atoms with E-state index in [1.54, 1.807) is 11.9 Å². The first-order chi connectivity index (χ1) is 9.45. The maximum absolute atomic E-state index is 12.1. The van der Waals surface area contributed by atoms with Crippen LogP contribution < -0.4 is 5.32 Å². The largest absolute Gasteiger partial charge is 0.361 e. The second-order valence-corrected chi connectivity index (χ2v) is 5.92. The molecule has 0 bridgehead atoms. The van der Waals surface area contributed by atoms with Crippen LogP contribution in [0.25, 0.3) is 0 Å². The molecule has 0 spiro atoms. The lowest BCUT2D eigenvalue weighted by atomic mass is 10.2. The second-order valence-electron chi connectivity index (χ2n) is 4.67. The van der Waals surface area contributed by atoms with Crippen molar-refractivity contribution in [3.05, 3.63) is 44.9 Å². The summed E-state index contributed by atoms with van der Waals surface area (Å²) in [6.45, 7) is 4.21. The highest BCUT2D eigenvalue weighted by Crippen LogP contribution is 2.18. The Morgan fingerprint density at radius 1 is 1.40 bits per heavy atom. The number of urea groups is 1. The number of amides is 2. The molecule has 0 saturated heterocycles. The van der Waals surface area contributed by atoms with Crippen molar-refractivity contribution in [3.63, 3.8) is 0 Å². The van der Waals surface area contributed by atoms with Gasteiger partial charge in [0, 0.05) is 22.4 Å². The third-order valence-corrected chi connectivity index (χ3v) is 3.52. The van der Waals surface area contributed by atoms with Gasteiger partial charge in [-0.05, 0) is 60.2 Å². The zero-order valence-electron chi connectivity index (χ0n) is 11.6. The molecule has 1 heterocycles. The summed E-state index contributed by atoms with van der Waals surface area (Å²) in [7, 11) is 1.72. The SMILES string of the molecule is Cc1cc(CN(C)C(=O)Nc2ccc(I)cc2C)no1. The van der Waals surface area contributed by atoms with Gasteiger partial charge in [0.1, 0.15) is 11.5 Å². The van der Waals surface area contributed by atoms with Gasteiger partial charge < -0.3 is 14.7 Å². The lowest BCUT2D eigenvalue weighted by molar-refractivity contribution is 0.219. The van der Waals surface area contributed by atoms with Crippen LogP contribution in [-0.2, 0) is 6.54 Å². The maximum Gasteiger partial charge on any atom is 0.321 e. The van der Waals surface area contributed by atoms with Crippen molar-refractivity contribution in [1.82, 2.24) is 10.1 Å². The molecule has 2 rings (SSSR count). The topological polar surface area (TPSA) is 58.4 Å². The lowest BCUT2D eigenvalue weighted by Gasteiger charge is -2.17. The number of nitrogens with zero attached hydrogens (tertiary/aromatic N) is 2. The quantitative estimate of drug-likeness (QED) is 0.823. The molecule has 0 radical (unpaired) electrons. The molecular weight excluding hydrogens is 369 g/mol. The van der Waals surface area contributed by atoms with E-state index in [0.29, 0.717) is 6.54 Å².